The zero-order valence-corrected chi connectivity index (χ0v) is 10.6. The van der Waals surface area contributed by atoms with Crippen LogP contribution in [0.25, 0.3) is 0 Å². The molecule has 0 aromatic carbocycles. The minimum absolute atomic E-state index is 0.830. The van der Waals surface area contributed by atoms with E-state index in [1.807, 2.05) is 0 Å². The molecule has 0 aromatic heterocycles. The third-order valence-electron chi connectivity index (χ3n) is 3.88. The number of rotatable bonds is 7. The molecule has 1 saturated carbocycles. The lowest BCUT2D eigenvalue weighted by Crippen LogP contribution is -2.28. The van der Waals surface area contributed by atoms with Gasteiger partial charge >= 0.3 is 0 Å². The molecule has 3 atom stereocenters. The van der Waals surface area contributed by atoms with Crippen LogP contribution < -0.4 is 5.32 Å². The van der Waals surface area contributed by atoms with Crippen LogP contribution in [0.5, 0.6) is 0 Å². The van der Waals surface area contributed by atoms with Gasteiger partial charge in [0.15, 0.2) is 0 Å². The summed E-state index contributed by atoms with van der Waals surface area (Å²) in [6.07, 6.45) is 5.51. The van der Waals surface area contributed by atoms with Crippen LogP contribution >= 0.6 is 0 Å². The maximum absolute atomic E-state index is 5.17. The largest absolute Gasteiger partial charge is 0.385 e. The zero-order chi connectivity index (χ0) is 11.1. The maximum Gasteiger partial charge on any atom is 0.0464 e. The second-order valence-corrected chi connectivity index (χ2v) is 4.92. The first-order valence-corrected chi connectivity index (χ1v) is 6.49. The molecule has 0 heterocycles. The molecule has 0 amide bonds. The molecule has 2 heteroatoms. The summed E-state index contributed by atoms with van der Waals surface area (Å²) in [4.78, 5) is 0. The summed E-state index contributed by atoms with van der Waals surface area (Å²) in [5.41, 5.74) is 0. The highest BCUT2D eigenvalue weighted by atomic mass is 16.5. The van der Waals surface area contributed by atoms with E-state index in [0.717, 1.165) is 30.9 Å². The van der Waals surface area contributed by atoms with Crippen LogP contribution in [0.2, 0.25) is 0 Å². The fourth-order valence-corrected chi connectivity index (χ4v) is 2.92. The van der Waals surface area contributed by atoms with Crippen LogP contribution in [0.1, 0.15) is 39.5 Å². The lowest BCUT2D eigenvalue weighted by molar-refractivity contribution is 0.154. The first kappa shape index (κ1) is 13.0. The van der Waals surface area contributed by atoms with Gasteiger partial charge in [0.25, 0.3) is 0 Å². The second kappa shape index (κ2) is 7.24. The molecule has 3 unspecified atom stereocenters. The topological polar surface area (TPSA) is 21.3 Å². The van der Waals surface area contributed by atoms with Crippen molar-refractivity contribution in [3.63, 3.8) is 0 Å². The predicted molar refractivity (Wildman–Crippen MR) is 65.0 cm³/mol. The molecule has 2 nitrogen and oxygen atoms in total. The van der Waals surface area contributed by atoms with Gasteiger partial charge in [-0.1, -0.05) is 20.3 Å². The molecule has 1 fully saturated rings. The minimum atomic E-state index is 0.830. The number of nitrogens with one attached hydrogen (secondary N) is 1. The third-order valence-corrected chi connectivity index (χ3v) is 3.88. The molecule has 1 aliphatic rings. The van der Waals surface area contributed by atoms with E-state index in [1.54, 1.807) is 7.11 Å². The average molecular weight is 213 g/mol. The van der Waals surface area contributed by atoms with E-state index in [2.05, 4.69) is 19.2 Å². The van der Waals surface area contributed by atoms with E-state index in [4.69, 9.17) is 4.74 Å². The van der Waals surface area contributed by atoms with E-state index in [-0.39, 0.29) is 0 Å². The minimum Gasteiger partial charge on any atom is -0.385 e. The van der Waals surface area contributed by atoms with Crippen LogP contribution in [0.3, 0.4) is 0 Å². The van der Waals surface area contributed by atoms with Gasteiger partial charge in [0, 0.05) is 13.7 Å². The molecular formula is C13H27NO. The van der Waals surface area contributed by atoms with Gasteiger partial charge in [-0.05, 0) is 50.1 Å². The van der Waals surface area contributed by atoms with Crippen molar-refractivity contribution in [2.75, 3.05) is 26.8 Å². The normalized spacial score (nSPS) is 28.2. The monoisotopic (exact) mass is 213 g/mol. The fourth-order valence-electron chi connectivity index (χ4n) is 2.92. The Morgan fingerprint density at radius 2 is 2.20 bits per heavy atom. The standard InChI is InChI=1S/C13H27NO/c1-4-14-10-12-6-5-7-13(12)11(2)8-9-15-3/h11-14H,4-10H2,1-3H3. The molecular weight excluding hydrogens is 186 g/mol. The Morgan fingerprint density at radius 3 is 2.87 bits per heavy atom. The van der Waals surface area contributed by atoms with Crippen molar-refractivity contribution < 1.29 is 4.74 Å². The smallest absolute Gasteiger partial charge is 0.0464 e. The average Bonchev–Trinajstić information content (AvgIpc) is 2.71. The molecule has 1 rings (SSSR count). The third kappa shape index (κ3) is 4.12. The Hall–Kier alpha value is -0.0800. The van der Waals surface area contributed by atoms with Gasteiger partial charge < -0.3 is 10.1 Å². The van der Waals surface area contributed by atoms with Crippen LogP contribution in [0, 0.1) is 17.8 Å². The van der Waals surface area contributed by atoms with Gasteiger partial charge in [0.05, 0.1) is 0 Å². The highest BCUT2D eigenvalue weighted by molar-refractivity contribution is 4.82. The van der Waals surface area contributed by atoms with Crippen molar-refractivity contribution in [3.05, 3.63) is 0 Å². The molecule has 1 aliphatic carbocycles. The Morgan fingerprint density at radius 1 is 1.40 bits per heavy atom. The summed E-state index contributed by atoms with van der Waals surface area (Å²) in [6.45, 7) is 7.84. The Balaban J connectivity index is 2.30. The molecule has 1 N–H and O–H groups in total. The van der Waals surface area contributed by atoms with E-state index in [0.29, 0.717) is 0 Å². The SMILES string of the molecule is CCNCC1CCCC1C(C)CCOC. The van der Waals surface area contributed by atoms with Crippen LogP contribution in [0.4, 0.5) is 0 Å². The molecule has 0 bridgehead atoms. The summed E-state index contributed by atoms with van der Waals surface area (Å²) in [5, 5.41) is 3.50. The quantitative estimate of drug-likeness (QED) is 0.702. The number of ether oxygens (including phenoxy) is 1. The van der Waals surface area contributed by atoms with E-state index in [9.17, 15) is 0 Å². The molecule has 0 aromatic rings. The predicted octanol–water partition coefficient (Wildman–Crippen LogP) is 2.68. The first-order valence-electron chi connectivity index (χ1n) is 6.49. The highest BCUT2D eigenvalue weighted by Gasteiger charge is 2.30. The van der Waals surface area contributed by atoms with Gasteiger partial charge in [-0.3, -0.25) is 0 Å². The Bertz CT molecular complexity index is 161. The molecule has 0 radical (unpaired) electrons. The van der Waals surface area contributed by atoms with Crippen molar-refractivity contribution in [1.82, 2.24) is 5.32 Å². The first-order chi connectivity index (χ1) is 7.29. The van der Waals surface area contributed by atoms with Crippen LogP contribution in [-0.2, 0) is 4.74 Å². The highest BCUT2D eigenvalue weighted by Crippen LogP contribution is 2.37. The van der Waals surface area contributed by atoms with Crippen molar-refractivity contribution in [2.45, 2.75) is 39.5 Å². The van der Waals surface area contributed by atoms with Crippen molar-refractivity contribution >= 4 is 0 Å². The van der Waals surface area contributed by atoms with Crippen LogP contribution in [0.15, 0.2) is 0 Å². The number of hydrogen-bond acceptors (Lipinski definition) is 2. The Labute approximate surface area is 94.8 Å². The lowest BCUT2D eigenvalue weighted by Gasteiger charge is -2.26. The summed E-state index contributed by atoms with van der Waals surface area (Å²) in [5.74, 6) is 2.67. The maximum atomic E-state index is 5.17. The van der Waals surface area contributed by atoms with Gasteiger partial charge in [-0.2, -0.15) is 0 Å². The van der Waals surface area contributed by atoms with Crippen molar-refractivity contribution in [1.29, 1.82) is 0 Å². The van der Waals surface area contributed by atoms with E-state index < -0.39 is 0 Å². The number of hydrogen-bond donors (Lipinski definition) is 1. The summed E-state index contributed by atoms with van der Waals surface area (Å²) in [6, 6.07) is 0. The fraction of sp³-hybridized carbons (Fsp3) is 1.00. The molecule has 0 saturated heterocycles. The Kier molecular flexibility index (Phi) is 6.26. The van der Waals surface area contributed by atoms with E-state index >= 15 is 0 Å². The van der Waals surface area contributed by atoms with Gasteiger partial charge in [-0.15, -0.1) is 0 Å². The summed E-state index contributed by atoms with van der Waals surface area (Å²) >= 11 is 0. The molecule has 15 heavy (non-hydrogen) atoms. The van der Waals surface area contributed by atoms with Gasteiger partial charge in [-0.25, -0.2) is 0 Å². The molecule has 0 aliphatic heterocycles. The zero-order valence-electron chi connectivity index (χ0n) is 10.6. The second-order valence-electron chi connectivity index (χ2n) is 4.92. The van der Waals surface area contributed by atoms with E-state index in [1.165, 1.54) is 32.2 Å². The number of methoxy groups -OCH3 is 1. The van der Waals surface area contributed by atoms with Gasteiger partial charge in [0.1, 0.15) is 0 Å². The van der Waals surface area contributed by atoms with Crippen molar-refractivity contribution in [2.24, 2.45) is 17.8 Å². The van der Waals surface area contributed by atoms with Crippen LogP contribution in [-0.4, -0.2) is 26.8 Å². The summed E-state index contributed by atoms with van der Waals surface area (Å²) < 4.78 is 5.17. The van der Waals surface area contributed by atoms with Gasteiger partial charge in [0.2, 0.25) is 0 Å². The van der Waals surface area contributed by atoms with Crippen molar-refractivity contribution in [3.8, 4) is 0 Å². The lowest BCUT2D eigenvalue weighted by atomic mass is 9.83. The molecule has 0 spiro atoms. The summed E-state index contributed by atoms with van der Waals surface area (Å²) in [7, 11) is 1.80. The molecule has 90 valence electrons.